The van der Waals surface area contributed by atoms with Gasteiger partial charge in [0.25, 0.3) is 0 Å². The van der Waals surface area contributed by atoms with Crippen LogP contribution in [0.3, 0.4) is 0 Å². The zero-order valence-electron chi connectivity index (χ0n) is 9.98. The van der Waals surface area contributed by atoms with Gasteiger partial charge in [-0.15, -0.1) is 11.3 Å². The molecule has 1 fully saturated rings. The van der Waals surface area contributed by atoms with Crippen molar-refractivity contribution in [3.63, 3.8) is 0 Å². The molecule has 4 heteroatoms. The Kier molecular flexibility index (Phi) is 4.32. The van der Waals surface area contributed by atoms with Crippen molar-refractivity contribution in [1.29, 1.82) is 0 Å². The van der Waals surface area contributed by atoms with Gasteiger partial charge in [-0.3, -0.25) is 0 Å². The second kappa shape index (κ2) is 5.75. The normalized spacial score (nSPS) is 19.1. The standard InChI is InChI=1S/C12H21N3S/c1-10(8-13)11-9-14-12(16-11)4-7-15-5-2-3-6-15/h9-10H,2-8,13H2,1H3. The average Bonchev–Trinajstić information content (AvgIpc) is 2.96. The number of hydrogen-bond donors (Lipinski definition) is 1. The average molecular weight is 239 g/mol. The van der Waals surface area contributed by atoms with Gasteiger partial charge < -0.3 is 10.6 Å². The molecule has 90 valence electrons. The van der Waals surface area contributed by atoms with Gasteiger partial charge in [0.15, 0.2) is 0 Å². The van der Waals surface area contributed by atoms with Gasteiger partial charge >= 0.3 is 0 Å². The van der Waals surface area contributed by atoms with Gasteiger partial charge in [-0.2, -0.15) is 0 Å². The minimum atomic E-state index is 0.457. The van der Waals surface area contributed by atoms with E-state index < -0.39 is 0 Å². The molecule has 3 nitrogen and oxygen atoms in total. The number of nitrogens with two attached hydrogens (primary N) is 1. The van der Waals surface area contributed by atoms with E-state index in [4.69, 9.17) is 5.73 Å². The van der Waals surface area contributed by atoms with E-state index >= 15 is 0 Å². The Bertz CT molecular complexity index is 318. The lowest BCUT2D eigenvalue weighted by atomic mass is 10.2. The van der Waals surface area contributed by atoms with Crippen LogP contribution in [0.15, 0.2) is 6.20 Å². The van der Waals surface area contributed by atoms with E-state index in [1.54, 1.807) is 0 Å². The fraction of sp³-hybridized carbons (Fsp3) is 0.750. The second-order valence-electron chi connectivity index (χ2n) is 4.59. The van der Waals surface area contributed by atoms with Crippen LogP contribution in [-0.4, -0.2) is 36.1 Å². The van der Waals surface area contributed by atoms with Gasteiger partial charge in [-0.25, -0.2) is 4.98 Å². The van der Waals surface area contributed by atoms with Crippen molar-refractivity contribution in [2.75, 3.05) is 26.2 Å². The summed E-state index contributed by atoms with van der Waals surface area (Å²) in [4.78, 5) is 8.35. The fourth-order valence-corrected chi connectivity index (χ4v) is 3.02. The molecule has 0 aromatic carbocycles. The molecule has 16 heavy (non-hydrogen) atoms. The van der Waals surface area contributed by atoms with E-state index in [0.29, 0.717) is 12.5 Å². The van der Waals surface area contributed by atoms with Crippen LogP contribution in [0.5, 0.6) is 0 Å². The van der Waals surface area contributed by atoms with Gasteiger partial charge in [0.1, 0.15) is 0 Å². The Morgan fingerprint density at radius 2 is 2.25 bits per heavy atom. The first-order valence-corrected chi connectivity index (χ1v) is 6.98. The van der Waals surface area contributed by atoms with Gasteiger partial charge in [0, 0.05) is 30.0 Å². The van der Waals surface area contributed by atoms with Crippen LogP contribution >= 0.6 is 11.3 Å². The lowest BCUT2D eigenvalue weighted by Crippen LogP contribution is -2.21. The molecule has 1 unspecified atom stereocenters. The number of hydrogen-bond acceptors (Lipinski definition) is 4. The Morgan fingerprint density at radius 1 is 1.50 bits per heavy atom. The molecule has 1 atom stereocenters. The minimum absolute atomic E-state index is 0.457. The summed E-state index contributed by atoms with van der Waals surface area (Å²) >= 11 is 1.83. The van der Waals surface area contributed by atoms with E-state index in [2.05, 4.69) is 16.8 Å². The lowest BCUT2D eigenvalue weighted by molar-refractivity contribution is 0.343. The molecule has 1 aromatic rings. The van der Waals surface area contributed by atoms with E-state index in [9.17, 15) is 0 Å². The van der Waals surface area contributed by atoms with Crippen molar-refractivity contribution in [2.45, 2.75) is 32.1 Å². The van der Waals surface area contributed by atoms with E-state index in [0.717, 1.165) is 6.42 Å². The number of thiazole rings is 1. The quantitative estimate of drug-likeness (QED) is 0.852. The highest BCUT2D eigenvalue weighted by molar-refractivity contribution is 7.11. The van der Waals surface area contributed by atoms with Crippen LogP contribution in [0.1, 0.15) is 35.6 Å². The van der Waals surface area contributed by atoms with Crippen molar-refractivity contribution in [1.82, 2.24) is 9.88 Å². The predicted octanol–water partition coefficient (Wildman–Crippen LogP) is 1.84. The van der Waals surface area contributed by atoms with Gasteiger partial charge in [0.05, 0.1) is 5.01 Å². The highest BCUT2D eigenvalue weighted by atomic mass is 32.1. The first-order valence-electron chi connectivity index (χ1n) is 6.16. The molecule has 0 spiro atoms. The predicted molar refractivity (Wildman–Crippen MR) is 69.0 cm³/mol. The van der Waals surface area contributed by atoms with E-state index in [-0.39, 0.29) is 0 Å². The third kappa shape index (κ3) is 3.03. The smallest absolute Gasteiger partial charge is 0.0940 e. The summed E-state index contributed by atoms with van der Waals surface area (Å²) < 4.78 is 0. The summed E-state index contributed by atoms with van der Waals surface area (Å²) in [6.45, 7) is 6.60. The number of nitrogens with zero attached hydrogens (tertiary/aromatic N) is 2. The fourth-order valence-electron chi connectivity index (χ4n) is 2.04. The Balaban J connectivity index is 1.82. The van der Waals surface area contributed by atoms with Crippen molar-refractivity contribution in [2.24, 2.45) is 5.73 Å². The van der Waals surface area contributed by atoms with Gasteiger partial charge in [0.2, 0.25) is 0 Å². The molecule has 1 aromatic heterocycles. The lowest BCUT2D eigenvalue weighted by Gasteiger charge is -2.12. The van der Waals surface area contributed by atoms with Crippen LogP contribution in [-0.2, 0) is 6.42 Å². The highest BCUT2D eigenvalue weighted by Gasteiger charge is 2.13. The van der Waals surface area contributed by atoms with E-state index in [1.807, 2.05) is 17.5 Å². The van der Waals surface area contributed by atoms with Crippen LogP contribution < -0.4 is 5.73 Å². The summed E-state index contributed by atoms with van der Waals surface area (Å²) in [5.41, 5.74) is 5.66. The summed E-state index contributed by atoms with van der Waals surface area (Å²) in [5, 5.41) is 1.27. The number of rotatable bonds is 5. The van der Waals surface area contributed by atoms with Gasteiger partial charge in [-0.05, 0) is 32.5 Å². The molecule has 2 heterocycles. The summed E-state index contributed by atoms with van der Waals surface area (Å²) in [7, 11) is 0. The molecule has 1 saturated heterocycles. The maximum Gasteiger partial charge on any atom is 0.0940 e. The molecular weight excluding hydrogens is 218 g/mol. The molecule has 1 aliphatic rings. The Labute approximate surface area is 102 Å². The molecule has 1 aliphatic heterocycles. The van der Waals surface area contributed by atoms with Crippen molar-refractivity contribution in [3.8, 4) is 0 Å². The maximum absolute atomic E-state index is 5.66. The van der Waals surface area contributed by atoms with Crippen molar-refractivity contribution < 1.29 is 0 Å². The van der Waals surface area contributed by atoms with Crippen LogP contribution in [0, 0.1) is 0 Å². The summed E-state index contributed by atoms with van der Waals surface area (Å²) in [6.07, 6.45) is 5.84. The molecule has 0 amide bonds. The minimum Gasteiger partial charge on any atom is -0.330 e. The third-order valence-corrected chi connectivity index (χ3v) is 4.54. The zero-order valence-corrected chi connectivity index (χ0v) is 10.8. The largest absolute Gasteiger partial charge is 0.330 e. The molecule has 0 aliphatic carbocycles. The van der Waals surface area contributed by atoms with Crippen LogP contribution in [0.2, 0.25) is 0 Å². The molecule has 2 rings (SSSR count). The van der Waals surface area contributed by atoms with Gasteiger partial charge in [-0.1, -0.05) is 6.92 Å². The summed E-state index contributed by atoms with van der Waals surface area (Å²) in [6, 6.07) is 0. The van der Waals surface area contributed by atoms with Crippen LogP contribution in [0.25, 0.3) is 0 Å². The third-order valence-electron chi connectivity index (χ3n) is 3.25. The molecule has 0 bridgehead atoms. The van der Waals surface area contributed by atoms with Crippen molar-refractivity contribution >= 4 is 11.3 Å². The number of aromatic nitrogens is 1. The van der Waals surface area contributed by atoms with Crippen LogP contribution in [0.4, 0.5) is 0 Å². The Morgan fingerprint density at radius 3 is 2.94 bits per heavy atom. The topological polar surface area (TPSA) is 42.1 Å². The number of likely N-dealkylation sites (tertiary alicyclic amines) is 1. The maximum atomic E-state index is 5.66. The molecule has 0 radical (unpaired) electrons. The first kappa shape index (κ1) is 12.0. The second-order valence-corrected chi connectivity index (χ2v) is 5.74. The van der Waals surface area contributed by atoms with Crippen molar-refractivity contribution in [3.05, 3.63) is 16.1 Å². The molecule has 0 saturated carbocycles. The monoisotopic (exact) mass is 239 g/mol. The highest BCUT2D eigenvalue weighted by Crippen LogP contribution is 2.22. The SMILES string of the molecule is CC(CN)c1cnc(CCN2CCCC2)s1. The molecule has 2 N–H and O–H groups in total. The molecular formula is C12H21N3S. The zero-order chi connectivity index (χ0) is 11.4. The summed E-state index contributed by atoms with van der Waals surface area (Å²) in [5.74, 6) is 0.457. The van der Waals surface area contributed by atoms with E-state index in [1.165, 1.54) is 42.4 Å². The Hall–Kier alpha value is -0.450. The first-order chi connectivity index (χ1) is 7.79.